The molecule has 4 rings (SSSR count). The third-order valence-corrected chi connectivity index (χ3v) is 5.64. The standard InChI is InChI=1S/C21H22N4OS/c1-24-11-13-25(14-12-24)18-9-7-17(8-10-18)23-21(26)20-19(22-15-27-20)16-5-3-2-4-6-16/h2-10,15H,11-14H2,1H3,(H,23,26). The van der Waals surface area contributed by atoms with E-state index < -0.39 is 0 Å². The molecule has 1 aliphatic heterocycles. The second-order valence-corrected chi connectivity index (χ2v) is 7.54. The molecule has 0 radical (unpaired) electrons. The third-order valence-electron chi connectivity index (χ3n) is 4.81. The third kappa shape index (κ3) is 4.02. The van der Waals surface area contributed by atoms with E-state index in [0.717, 1.165) is 43.1 Å². The second-order valence-electron chi connectivity index (χ2n) is 6.69. The number of nitrogens with zero attached hydrogens (tertiary/aromatic N) is 3. The molecule has 0 unspecified atom stereocenters. The summed E-state index contributed by atoms with van der Waals surface area (Å²) < 4.78 is 0. The van der Waals surface area contributed by atoms with Crippen molar-refractivity contribution in [1.29, 1.82) is 0 Å². The summed E-state index contributed by atoms with van der Waals surface area (Å²) in [5, 5.41) is 3.00. The number of benzene rings is 2. The van der Waals surface area contributed by atoms with Crippen LogP contribution in [0.15, 0.2) is 60.1 Å². The van der Waals surface area contributed by atoms with Gasteiger partial charge < -0.3 is 15.1 Å². The smallest absolute Gasteiger partial charge is 0.268 e. The summed E-state index contributed by atoms with van der Waals surface area (Å²) >= 11 is 1.36. The number of hydrogen-bond acceptors (Lipinski definition) is 5. The molecule has 3 aromatic rings. The molecule has 2 aromatic carbocycles. The maximum absolute atomic E-state index is 12.7. The lowest BCUT2D eigenvalue weighted by Gasteiger charge is -2.34. The van der Waals surface area contributed by atoms with Crippen molar-refractivity contribution in [1.82, 2.24) is 9.88 Å². The predicted molar refractivity (Wildman–Crippen MR) is 112 cm³/mol. The van der Waals surface area contributed by atoms with Crippen molar-refractivity contribution >= 4 is 28.6 Å². The molecule has 1 aliphatic rings. The van der Waals surface area contributed by atoms with E-state index >= 15 is 0 Å². The molecular formula is C21H22N4OS. The zero-order valence-corrected chi connectivity index (χ0v) is 16.1. The van der Waals surface area contributed by atoms with Crippen molar-refractivity contribution < 1.29 is 4.79 Å². The number of carbonyl (C=O) groups is 1. The Bertz CT molecular complexity index is 899. The van der Waals surface area contributed by atoms with Crippen molar-refractivity contribution in [3.8, 4) is 11.3 Å². The van der Waals surface area contributed by atoms with Gasteiger partial charge in [-0.05, 0) is 31.3 Å². The Labute approximate surface area is 163 Å². The summed E-state index contributed by atoms with van der Waals surface area (Å²) in [6.45, 7) is 4.21. The van der Waals surface area contributed by atoms with Crippen LogP contribution in [0.2, 0.25) is 0 Å². The molecule has 1 saturated heterocycles. The number of piperazine rings is 1. The number of aromatic nitrogens is 1. The van der Waals surface area contributed by atoms with E-state index in [1.807, 2.05) is 42.5 Å². The number of thiazole rings is 1. The lowest BCUT2D eigenvalue weighted by atomic mass is 10.1. The normalized spacial score (nSPS) is 14.9. The number of hydrogen-bond donors (Lipinski definition) is 1. The van der Waals surface area contributed by atoms with Gasteiger partial charge >= 0.3 is 0 Å². The molecule has 6 heteroatoms. The Kier molecular flexibility index (Phi) is 5.18. The first-order valence-electron chi connectivity index (χ1n) is 9.04. The summed E-state index contributed by atoms with van der Waals surface area (Å²) in [7, 11) is 2.15. The van der Waals surface area contributed by atoms with Gasteiger partial charge in [0.1, 0.15) is 4.88 Å². The molecule has 27 heavy (non-hydrogen) atoms. The fourth-order valence-electron chi connectivity index (χ4n) is 3.22. The maximum atomic E-state index is 12.7. The summed E-state index contributed by atoms with van der Waals surface area (Å²) in [6.07, 6.45) is 0. The van der Waals surface area contributed by atoms with Gasteiger partial charge in [0.25, 0.3) is 5.91 Å². The van der Waals surface area contributed by atoms with Crippen LogP contribution in [0.4, 0.5) is 11.4 Å². The molecular weight excluding hydrogens is 356 g/mol. The highest BCUT2D eigenvalue weighted by molar-refractivity contribution is 7.12. The number of anilines is 2. The largest absolute Gasteiger partial charge is 0.369 e. The molecule has 5 nitrogen and oxygen atoms in total. The van der Waals surface area contributed by atoms with E-state index in [1.54, 1.807) is 5.51 Å². The first-order valence-corrected chi connectivity index (χ1v) is 9.92. The van der Waals surface area contributed by atoms with Gasteiger partial charge in [0, 0.05) is 43.1 Å². The molecule has 0 bridgehead atoms. The fraction of sp³-hybridized carbons (Fsp3) is 0.238. The minimum atomic E-state index is -0.122. The van der Waals surface area contributed by atoms with E-state index in [-0.39, 0.29) is 5.91 Å². The molecule has 0 aliphatic carbocycles. The Balaban J connectivity index is 1.46. The van der Waals surface area contributed by atoms with Crippen LogP contribution in [0.1, 0.15) is 9.67 Å². The van der Waals surface area contributed by atoms with Gasteiger partial charge in [0.15, 0.2) is 0 Å². The van der Waals surface area contributed by atoms with Crippen LogP contribution in [0.3, 0.4) is 0 Å². The lowest BCUT2D eigenvalue weighted by molar-refractivity contribution is 0.103. The predicted octanol–water partition coefficient (Wildman–Crippen LogP) is 3.81. The zero-order chi connectivity index (χ0) is 18.6. The minimum absolute atomic E-state index is 0.122. The highest BCUT2D eigenvalue weighted by Gasteiger charge is 2.17. The lowest BCUT2D eigenvalue weighted by Crippen LogP contribution is -2.44. The van der Waals surface area contributed by atoms with E-state index in [9.17, 15) is 4.79 Å². The molecule has 1 amide bonds. The van der Waals surface area contributed by atoms with Crippen LogP contribution in [-0.4, -0.2) is 49.0 Å². The number of likely N-dealkylation sites (N-methyl/N-ethyl adjacent to an activating group) is 1. The van der Waals surface area contributed by atoms with Gasteiger partial charge in [-0.2, -0.15) is 0 Å². The molecule has 0 atom stereocenters. The Morgan fingerprint density at radius 2 is 1.70 bits per heavy atom. The highest BCUT2D eigenvalue weighted by Crippen LogP contribution is 2.26. The second kappa shape index (κ2) is 7.90. The molecule has 1 aromatic heterocycles. The number of amides is 1. The van der Waals surface area contributed by atoms with Crippen molar-refractivity contribution in [2.24, 2.45) is 0 Å². The first kappa shape index (κ1) is 17.7. The number of nitrogens with one attached hydrogen (secondary N) is 1. The first-order chi connectivity index (χ1) is 13.2. The minimum Gasteiger partial charge on any atom is -0.369 e. The maximum Gasteiger partial charge on any atom is 0.268 e. The van der Waals surface area contributed by atoms with Gasteiger partial charge in [-0.1, -0.05) is 30.3 Å². The van der Waals surface area contributed by atoms with E-state index in [0.29, 0.717) is 4.88 Å². The molecule has 0 saturated carbocycles. The summed E-state index contributed by atoms with van der Waals surface area (Å²) in [5.74, 6) is -0.122. The van der Waals surface area contributed by atoms with Crippen LogP contribution in [0.25, 0.3) is 11.3 Å². The monoisotopic (exact) mass is 378 g/mol. The topological polar surface area (TPSA) is 48.5 Å². The molecule has 1 N–H and O–H groups in total. The van der Waals surface area contributed by atoms with Gasteiger partial charge in [0.2, 0.25) is 0 Å². The van der Waals surface area contributed by atoms with E-state index in [1.165, 1.54) is 17.0 Å². The Hall–Kier alpha value is -2.70. The van der Waals surface area contributed by atoms with Crippen LogP contribution in [0, 0.1) is 0 Å². The van der Waals surface area contributed by atoms with Crippen LogP contribution in [-0.2, 0) is 0 Å². The van der Waals surface area contributed by atoms with E-state index in [4.69, 9.17) is 0 Å². The summed E-state index contributed by atoms with van der Waals surface area (Å²) in [4.78, 5) is 22.5. The Morgan fingerprint density at radius 3 is 2.41 bits per heavy atom. The quantitative estimate of drug-likeness (QED) is 0.750. The van der Waals surface area contributed by atoms with Crippen molar-refractivity contribution in [3.63, 3.8) is 0 Å². The van der Waals surface area contributed by atoms with Crippen LogP contribution >= 0.6 is 11.3 Å². The average molecular weight is 379 g/mol. The van der Waals surface area contributed by atoms with Gasteiger partial charge in [-0.3, -0.25) is 4.79 Å². The number of rotatable bonds is 4. The average Bonchev–Trinajstić information content (AvgIpc) is 3.20. The summed E-state index contributed by atoms with van der Waals surface area (Å²) in [5.41, 5.74) is 5.39. The van der Waals surface area contributed by atoms with Crippen LogP contribution in [0.5, 0.6) is 0 Å². The van der Waals surface area contributed by atoms with Gasteiger partial charge in [0.05, 0.1) is 11.2 Å². The van der Waals surface area contributed by atoms with Crippen molar-refractivity contribution in [3.05, 3.63) is 65.0 Å². The highest BCUT2D eigenvalue weighted by atomic mass is 32.1. The van der Waals surface area contributed by atoms with Crippen molar-refractivity contribution in [2.75, 3.05) is 43.4 Å². The van der Waals surface area contributed by atoms with Gasteiger partial charge in [-0.25, -0.2) is 4.98 Å². The van der Waals surface area contributed by atoms with E-state index in [2.05, 4.69) is 39.3 Å². The number of carbonyl (C=O) groups excluding carboxylic acids is 1. The molecule has 138 valence electrons. The SMILES string of the molecule is CN1CCN(c2ccc(NC(=O)c3scnc3-c3ccccc3)cc2)CC1. The van der Waals surface area contributed by atoms with Gasteiger partial charge in [-0.15, -0.1) is 11.3 Å². The van der Waals surface area contributed by atoms with Crippen molar-refractivity contribution in [2.45, 2.75) is 0 Å². The zero-order valence-electron chi connectivity index (χ0n) is 15.3. The van der Waals surface area contributed by atoms with Crippen LogP contribution < -0.4 is 10.2 Å². The molecule has 0 spiro atoms. The molecule has 2 heterocycles. The fourth-order valence-corrected chi connectivity index (χ4v) is 3.92. The molecule has 1 fully saturated rings. The Morgan fingerprint density at radius 1 is 1.00 bits per heavy atom. The summed E-state index contributed by atoms with van der Waals surface area (Å²) in [6, 6.07) is 17.9.